The van der Waals surface area contributed by atoms with E-state index >= 15 is 0 Å². The lowest BCUT2D eigenvalue weighted by molar-refractivity contribution is 0.601. The third kappa shape index (κ3) is 2.15. The molecule has 2 aromatic heterocycles. The Bertz CT molecular complexity index is 803. The van der Waals surface area contributed by atoms with E-state index in [1.165, 1.54) is 18.8 Å². The minimum absolute atomic E-state index is 0.121. The zero-order valence-electron chi connectivity index (χ0n) is 10.1. The van der Waals surface area contributed by atoms with Gasteiger partial charge in [0.1, 0.15) is 18.2 Å². The smallest absolute Gasteiger partial charge is 0.245 e. The molecular formula is C13H10N4O2. The van der Waals surface area contributed by atoms with Gasteiger partial charge in [-0.3, -0.25) is 4.79 Å². The molecule has 0 aliphatic rings. The Kier molecular flexibility index (Phi) is 2.68. The fourth-order valence-electron chi connectivity index (χ4n) is 1.73. The Labute approximate surface area is 107 Å². The number of aliphatic imine (C=N–C) groups is 1. The molecule has 0 aliphatic heterocycles. The van der Waals surface area contributed by atoms with Gasteiger partial charge in [-0.15, -0.1) is 0 Å². The maximum absolute atomic E-state index is 12.2. The highest BCUT2D eigenvalue weighted by molar-refractivity contribution is 5.87. The van der Waals surface area contributed by atoms with E-state index in [0.29, 0.717) is 22.5 Å². The molecule has 0 fully saturated rings. The largest absolute Gasteiger partial charge is 0.463 e. The Hall–Kier alpha value is -2.76. The Morgan fingerprint density at radius 2 is 2.32 bits per heavy atom. The number of nitrogens with one attached hydrogen (secondary N) is 1. The highest BCUT2D eigenvalue weighted by atomic mass is 16.3. The van der Waals surface area contributed by atoms with E-state index in [-0.39, 0.29) is 5.43 Å². The van der Waals surface area contributed by atoms with Gasteiger partial charge in [-0.2, -0.15) is 10.1 Å². The predicted octanol–water partition coefficient (Wildman–Crippen LogP) is 1.97. The van der Waals surface area contributed by atoms with Crippen LogP contribution < -0.4 is 5.43 Å². The van der Waals surface area contributed by atoms with Gasteiger partial charge in [0.25, 0.3) is 0 Å². The predicted molar refractivity (Wildman–Crippen MR) is 70.9 cm³/mol. The van der Waals surface area contributed by atoms with Crippen LogP contribution >= 0.6 is 0 Å². The van der Waals surface area contributed by atoms with Crippen molar-refractivity contribution in [3.8, 4) is 0 Å². The second-order valence-electron chi connectivity index (χ2n) is 4.09. The number of fused-ring (bicyclic) bond motifs is 1. The van der Waals surface area contributed by atoms with Crippen LogP contribution in [0.3, 0.4) is 0 Å². The molecule has 0 radical (unpaired) electrons. The molecule has 0 spiro atoms. The van der Waals surface area contributed by atoms with Crippen molar-refractivity contribution in [3.63, 3.8) is 0 Å². The lowest BCUT2D eigenvalue weighted by atomic mass is 10.1. The lowest BCUT2D eigenvalue weighted by Gasteiger charge is -1.99. The van der Waals surface area contributed by atoms with Gasteiger partial charge in [0, 0.05) is 6.21 Å². The van der Waals surface area contributed by atoms with Gasteiger partial charge in [0.2, 0.25) is 11.4 Å². The molecule has 3 aromatic rings. The maximum Gasteiger partial charge on any atom is 0.245 e. The summed E-state index contributed by atoms with van der Waals surface area (Å²) in [5, 5.41) is 6.78. The molecule has 0 atom stereocenters. The van der Waals surface area contributed by atoms with Gasteiger partial charge in [0.05, 0.1) is 10.9 Å². The Morgan fingerprint density at radius 3 is 3.11 bits per heavy atom. The third-order valence-corrected chi connectivity index (χ3v) is 2.69. The molecule has 0 unspecified atom stereocenters. The number of aromatic nitrogens is 3. The first-order valence-corrected chi connectivity index (χ1v) is 5.65. The quantitative estimate of drug-likeness (QED) is 0.708. The van der Waals surface area contributed by atoms with Crippen molar-refractivity contribution in [2.24, 2.45) is 4.99 Å². The minimum Gasteiger partial charge on any atom is -0.463 e. The summed E-state index contributed by atoms with van der Waals surface area (Å²) in [5.41, 5.74) is 1.86. The molecule has 19 heavy (non-hydrogen) atoms. The monoisotopic (exact) mass is 254 g/mol. The first-order chi connectivity index (χ1) is 9.24. The lowest BCUT2D eigenvalue weighted by Crippen LogP contribution is -2.07. The van der Waals surface area contributed by atoms with Crippen LogP contribution in [-0.2, 0) is 0 Å². The average Bonchev–Trinajstić information content (AvgIpc) is 2.91. The standard InChI is InChI=1S/C13H10N4O2/c1-8-2-3-10-11(4-8)19-6-9(12(10)18)5-14-13-15-7-16-17-13/h2-7H,1H3,(H,15,16,17)/b14-5+. The SMILES string of the molecule is Cc1ccc2c(=O)c(/C=N/c3ncn[nH]3)coc2c1. The maximum atomic E-state index is 12.2. The molecule has 1 aromatic carbocycles. The second kappa shape index (κ2) is 4.49. The summed E-state index contributed by atoms with van der Waals surface area (Å²) in [6, 6.07) is 5.45. The third-order valence-electron chi connectivity index (χ3n) is 2.69. The normalized spacial score (nSPS) is 11.4. The summed E-state index contributed by atoms with van der Waals surface area (Å²) >= 11 is 0. The molecule has 0 saturated carbocycles. The summed E-state index contributed by atoms with van der Waals surface area (Å²) in [5.74, 6) is 0.336. The van der Waals surface area contributed by atoms with Gasteiger partial charge in [0.15, 0.2) is 0 Å². The van der Waals surface area contributed by atoms with Crippen LogP contribution in [0.4, 0.5) is 5.95 Å². The number of hydrogen-bond acceptors (Lipinski definition) is 5. The molecular weight excluding hydrogens is 244 g/mol. The molecule has 2 heterocycles. The fourth-order valence-corrected chi connectivity index (χ4v) is 1.73. The average molecular weight is 254 g/mol. The fraction of sp³-hybridized carbons (Fsp3) is 0.0769. The number of aromatic amines is 1. The van der Waals surface area contributed by atoms with E-state index in [1.54, 1.807) is 6.07 Å². The van der Waals surface area contributed by atoms with E-state index in [2.05, 4.69) is 20.2 Å². The topological polar surface area (TPSA) is 84.1 Å². The summed E-state index contributed by atoms with van der Waals surface area (Å²) in [4.78, 5) is 20.0. The number of H-pyrrole nitrogens is 1. The highest BCUT2D eigenvalue weighted by Gasteiger charge is 2.05. The van der Waals surface area contributed by atoms with Crippen LogP contribution in [0.5, 0.6) is 0 Å². The van der Waals surface area contributed by atoms with E-state index in [4.69, 9.17) is 4.42 Å². The second-order valence-corrected chi connectivity index (χ2v) is 4.09. The van der Waals surface area contributed by atoms with Gasteiger partial charge in [-0.25, -0.2) is 10.1 Å². The number of hydrogen-bond donors (Lipinski definition) is 1. The van der Waals surface area contributed by atoms with Crippen molar-refractivity contribution < 1.29 is 4.42 Å². The molecule has 1 N–H and O–H groups in total. The zero-order chi connectivity index (χ0) is 13.2. The van der Waals surface area contributed by atoms with Gasteiger partial charge < -0.3 is 4.42 Å². The molecule has 3 rings (SSSR count). The summed E-state index contributed by atoms with van der Waals surface area (Å²) in [7, 11) is 0. The van der Waals surface area contributed by atoms with Gasteiger partial charge in [-0.05, 0) is 24.6 Å². The van der Waals surface area contributed by atoms with Crippen LogP contribution in [0.2, 0.25) is 0 Å². The van der Waals surface area contributed by atoms with Crippen molar-refractivity contribution in [3.05, 3.63) is 52.1 Å². The van der Waals surface area contributed by atoms with Gasteiger partial charge in [-0.1, -0.05) is 6.07 Å². The Balaban J connectivity index is 2.08. The van der Waals surface area contributed by atoms with Crippen molar-refractivity contribution in [2.75, 3.05) is 0 Å². The number of aryl methyl sites for hydroxylation is 1. The summed E-state index contributed by atoms with van der Waals surface area (Å²) in [6.07, 6.45) is 4.15. The Morgan fingerprint density at radius 1 is 1.42 bits per heavy atom. The van der Waals surface area contributed by atoms with Crippen LogP contribution in [0.15, 0.2) is 45.0 Å². The molecule has 6 heteroatoms. The van der Waals surface area contributed by atoms with Crippen LogP contribution in [-0.4, -0.2) is 21.4 Å². The van der Waals surface area contributed by atoms with Crippen LogP contribution in [0, 0.1) is 6.92 Å². The summed E-state index contributed by atoms with van der Waals surface area (Å²) < 4.78 is 5.44. The molecule has 94 valence electrons. The first kappa shape index (κ1) is 11.3. The van der Waals surface area contributed by atoms with Crippen LogP contribution in [0.25, 0.3) is 11.0 Å². The van der Waals surface area contributed by atoms with E-state index in [9.17, 15) is 4.79 Å². The number of rotatable bonds is 2. The van der Waals surface area contributed by atoms with Crippen molar-refractivity contribution >= 4 is 23.1 Å². The zero-order valence-corrected chi connectivity index (χ0v) is 10.1. The highest BCUT2D eigenvalue weighted by Crippen LogP contribution is 2.13. The van der Waals surface area contributed by atoms with E-state index in [0.717, 1.165) is 5.56 Å². The van der Waals surface area contributed by atoms with Crippen LogP contribution in [0.1, 0.15) is 11.1 Å². The molecule has 0 saturated heterocycles. The number of nitrogens with zero attached hydrogens (tertiary/aromatic N) is 3. The van der Waals surface area contributed by atoms with E-state index in [1.807, 2.05) is 19.1 Å². The van der Waals surface area contributed by atoms with Crippen molar-refractivity contribution in [1.29, 1.82) is 0 Å². The molecule has 0 amide bonds. The molecule has 0 aliphatic carbocycles. The number of benzene rings is 1. The van der Waals surface area contributed by atoms with Crippen molar-refractivity contribution in [2.45, 2.75) is 6.92 Å². The first-order valence-electron chi connectivity index (χ1n) is 5.65. The van der Waals surface area contributed by atoms with Gasteiger partial charge >= 0.3 is 0 Å². The molecule has 0 bridgehead atoms. The van der Waals surface area contributed by atoms with Crippen molar-refractivity contribution in [1.82, 2.24) is 15.2 Å². The minimum atomic E-state index is -0.121. The summed E-state index contributed by atoms with van der Waals surface area (Å²) in [6.45, 7) is 1.94. The van der Waals surface area contributed by atoms with E-state index < -0.39 is 0 Å². The molecule has 6 nitrogen and oxygen atoms in total.